The highest BCUT2D eigenvalue weighted by Gasteiger charge is 2.16. The number of amides is 1. The lowest BCUT2D eigenvalue weighted by Crippen LogP contribution is -2.33. The van der Waals surface area contributed by atoms with E-state index in [-0.39, 0.29) is 11.7 Å². The average Bonchev–Trinajstić information content (AvgIpc) is 3.55. The molecule has 168 valence electrons. The van der Waals surface area contributed by atoms with Gasteiger partial charge in [0.05, 0.1) is 36.9 Å². The van der Waals surface area contributed by atoms with Crippen molar-refractivity contribution in [1.82, 2.24) is 19.9 Å². The number of nitrogens with one attached hydrogen (secondary N) is 2. The van der Waals surface area contributed by atoms with Gasteiger partial charge in [0.15, 0.2) is 5.76 Å². The Balaban J connectivity index is 1.14. The third-order valence-corrected chi connectivity index (χ3v) is 5.82. The number of nitrogens with zero attached hydrogens (tertiary/aromatic N) is 4. The molecule has 4 aromatic rings. The molecule has 3 heterocycles. The normalized spacial score (nSPS) is 13.5. The van der Waals surface area contributed by atoms with Crippen molar-refractivity contribution in [2.24, 2.45) is 0 Å². The van der Waals surface area contributed by atoms with Gasteiger partial charge in [0.1, 0.15) is 5.69 Å². The lowest BCUT2D eigenvalue weighted by Gasteiger charge is -2.28. The Morgan fingerprint density at radius 1 is 0.970 bits per heavy atom. The van der Waals surface area contributed by atoms with Gasteiger partial charge in [0.25, 0.3) is 5.91 Å². The molecule has 2 N–H and O–H groups in total. The van der Waals surface area contributed by atoms with Crippen molar-refractivity contribution >= 4 is 17.3 Å². The van der Waals surface area contributed by atoms with Gasteiger partial charge < -0.3 is 15.1 Å². The Hall–Kier alpha value is -3.91. The van der Waals surface area contributed by atoms with Crippen LogP contribution in [0.1, 0.15) is 27.4 Å². The summed E-state index contributed by atoms with van der Waals surface area (Å²) >= 11 is 0. The van der Waals surface area contributed by atoms with Crippen LogP contribution in [-0.2, 0) is 26.1 Å². The number of rotatable bonds is 8. The van der Waals surface area contributed by atoms with Gasteiger partial charge in [-0.05, 0) is 41.8 Å². The van der Waals surface area contributed by atoms with Crippen LogP contribution in [-0.4, -0.2) is 38.9 Å². The van der Waals surface area contributed by atoms with E-state index in [0.717, 1.165) is 44.0 Å². The van der Waals surface area contributed by atoms with E-state index in [1.165, 1.54) is 17.4 Å². The van der Waals surface area contributed by atoms with E-state index in [9.17, 15) is 4.79 Å². The Morgan fingerprint density at radius 2 is 1.79 bits per heavy atom. The number of furan rings is 1. The van der Waals surface area contributed by atoms with Crippen molar-refractivity contribution in [3.8, 4) is 0 Å². The lowest BCUT2D eigenvalue weighted by atomic mass is 10.00. The second-order valence-corrected chi connectivity index (χ2v) is 8.10. The summed E-state index contributed by atoms with van der Waals surface area (Å²) in [5.74, 6) is -0.0227. The maximum atomic E-state index is 12.3. The second-order valence-electron chi connectivity index (χ2n) is 8.10. The third-order valence-electron chi connectivity index (χ3n) is 5.82. The highest BCUT2D eigenvalue weighted by Crippen LogP contribution is 2.22. The summed E-state index contributed by atoms with van der Waals surface area (Å²) in [5.41, 5.74) is 5.20. The molecular formula is C25H26N6O2. The van der Waals surface area contributed by atoms with Gasteiger partial charge in [-0.25, -0.2) is 0 Å². The molecule has 33 heavy (non-hydrogen) atoms. The maximum absolute atomic E-state index is 12.3. The molecule has 0 fully saturated rings. The zero-order chi connectivity index (χ0) is 22.5. The van der Waals surface area contributed by atoms with Crippen LogP contribution >= 0.6 is 0 Å². The number of fused-ring (bicyclic) bond motifs is 1. The highest BCUT2D eigenvalue weighted by molar-refractivity contribution is 6.04. The van der Waals surface area contributed by atoms with Gasteiger partial charge in [0.2, 0.25) is 0 Å². The minimum Gasteiger partial charge on any atom is -0.459 e. The van der Waals surface area contributed by atoms with E-state index in [0.29, 0.717) is 12.2 Å². The maximum Gasteiger partial charge on any atom is 0.291 e. The van der Waals surface area contributed by atoms with Crippen LogP contribution < -0.4 is 10.6 Å². The van der Waals surface area contributed by atoms with Crippen LogP contribution in [0.4, 0.5) is 11.4 Å². The number of hydrogen-bond acceptors (Lipinski definition) is 6. The molecule has 8 nitrogen and oxygen atoms in total. The Kier molecular flexibility index (Phi) is 6.16. The molecule has 0 unspecified atom stereocenters. The predicted octanol–water partition coefficient (Wildman–Crippen LogP) is 3.79. The fraction of sp³-hybridized carbons (Fsp3) is 0.240. The summed E-state index contributed by atoms with van der Waals surface area (Å²) < 4.78 is 7.06. The SMILES string of the molecule is O=C(Nc1ccccc1NCc1cn(CCN2CCc3ccccc3C2)nn1)c1ccco1. The van der Waals surface area contributed by atoms with Crippen LogP contribution in [0.25, 0.3) is 0 Å². The first-order valence-electron chi connectivity index (χ1n) is 11.1. The zero-order valence-electron chi connectivity index (χ0n) is 18.3. The summed E-state index contributed by atoms with van der Waals surface area (Å²) in [6, 6.07) is 19.5. The molecule has 0 spiro atoms. The van der Waals surface area contributed by atoms with E-state index >= 15 is 0 Å². The fourth-order valence-corrected chi connectivity index (χ4v) is 4.04. The van der Waals surface area contributed by atoms with Crippen LogP contribution in [0, 0.1) is 0 Å². The first kappa shape index (κ1) is 21.0. The van der Waals surface area contributed by atoms with Gasteiger partial charge in [-0.1, -0.05) is 41.6 Å². The highest BCUT2D eigenvalue weighted by atomic mass is 16.3. The molecule has 0 saturated heterocycles. The molecule has 2 aromatic heterocycles. The summed E-state index contributed by atoms with van der Waals surface area (Å²) in [6.07, 6.45) is 4.54. The molecule has 1 amide bonds. The largest absolute Gasteiger partial charge is 0.459 e. The summed E-state index contributed by atoms with van der Waals surface area (Å²) in [6.45, 7) is 4.29. The van der Waals surface area contributed by atoms with Gasteiger partial charge in [-0.3, -0.25) is 14.4 Å². The van der Waals surface area contributed by atoms with Gasteiger partial charge in [0, 0.05) is 19.6 Å². The van der Waals surface area contributed by atoms with E-state index in [4.69, 9.17) is 4.42 Å². The van der Waals surface area contributed by atoms with E-state index < -0.39 is 0 Å². The van der Waals surface area contributed by atoms with Crippen LogP contribution in [0.5, 0.6) is 0 Å². The third kappa shape index (κ3) is 5.12. The van der Waals surface area contributed by atoms with Crippen LogP contribution in [0.3, 0.4) is 0 Å². The van der Waals surface area contributed by atoms with Gasteiger partial charge in [-0.15, -0.1) is 5.10 Å². The molecule has 0 bridgehead atoms. The lowest BCUT2D eigenvalue weighted by molar-refractivity contribution is 0.0996. The van der Waals surface area contributed by atoms with Crippen LogP contribution in [0.2, 0.25) is 0 Å². The average molecular weight is 443 g/mol. The number of benzene rings is 2. The predicted molar refractivity (Wildman–Crippen MR) is 126 cm³/mol. The van der Waals surface area contributed by atoms with Crippen molar-refractivity contribution < 1.29 is 9.21 Å². The quantitative estimate of drug-likeness (QED) is 0.432. The first-order valence-corrected chi connectivity index (χ1v) is 11.1. The van der Waals surface area contributed by atoms with Crippen molar-refractivity contribution in [2.45, 2.75) is 26.1 Å². The molecule has 0 radical (unpaired) electrons. The molecule has 5 rings (SSSR count). The standard InChI is InChI=1S/C25H26N6O2/c32-25(24-10-5-15-33-24)27-23-9-4-3-8-22(23)26-16-21-18-31(29-28-21)14-13-30-12-11-19-6-1-2-7-20(19)17-30/h1-10,15,18,26H,11-14,16-17H2,(H,27,32). The molecule has 1 aliphatic heterocycles. The van der Waals surface area contributed by atoms with Crippen molar-refractivity contribution in [1.29, 1.82) is 0 Å². The number of carbonyl (C=O) groups is 1. The zero-order valence-corrected chi connectivity index (χ0v) is 18.3. The summed E-state index contributed by atoms with van der Waals surface area (Å²) in [4.78, 5) is 14.8. The number of para-hydroxylation sites is 2. The monoisotopic (exact) mass is 442 g/mol. The van der Waals surface area contributed by atoms with Gasteiger partial charge in [-0.2, -0.15) is 0 Å². The molecular weight excluding hydrogens is 416 g/mol. The van der Waals surface area contributed by atoms with Gasteiger partial charge >= 0.3 is 0 Å². The molecule has 0 aliphatic carbocycles. The first-order chi connectivity index (χ1) is 16.2. The van der Waals surface area contributed by atoms with E-state index in [2.05, 4.69) is 50.1 Å². The number of hydrogen-bond donors (Lipinski definition) is 2. The molecule has 1 aliphatic rings. The second kappa shape index (κ2) is 9.70. The smallest absolute Gasteiger partial charge is 0.291 e. The minimum atomic E-state index is -0.291. The number of aromatic nitrogens is 3. The van der Waals surface area contributed by atoms with Crippen LogP contribution in [0.15, 0.2) is 77.5 Å². The molecule has 0 atom stereocenters. The van der Waals surface area contributed by atoms with Crippen molar-refractivity contribution in [3.63, 3.8) is 0 Å². The molecule has 8 heteroatoms. The Bertz CT molecular complexity index is 1220. The van der Waals surface area contributed by atoms with E-state index in [1.807, 2.05) is 35.1 Å². The topological polar surface area (TPSA) is 88.2 Å². The fourth-order valence-electron chi connectivity index (χ4n) is 4.04. The summed E-state index contributed by atoms with van der Waals surface area (Å²) in [7, 11) is 0. The Labute approximate surface area is 192 Å². The summed E-state index contributed by atoms with van der Waals surface area (Å²) in [5, 5.41) is 14.8. The minimum absolute atomic E-state index is 0.268. The Morgan fingerprint density at radius 3 is 2.64 bits per heavy atom. The van der Waals surface area contributed by atoms with Crippen molar-refractivity contribution in [2.75, 3.05) is 23.7 Å². The number of carbonyl (C=O) groups excluding carboxylic acids is 1. The number of anilines is 2. The molecule has 2 aromatic carbocycles. The van der Waals surface area contributed by atoms with Crippen molar-refractivity contribution in [3.05, 3.63) is 95.7 Å². The van der Waals surface area contributed by atoms with E-state index in [1.54, 1.807) is 12.1 Å². The molecule has 0 saturated carbocycles.